The van der Waals surface area contributed by atoms with Gasteiger partial charge in [-0.1, -0.05) is 23.8 Å². The normalized spacial score (nSPS) is 11.0. The lowest BCUT2D eigenvalue weighted by Gasteiger charge is -2.08. The Labute approximate surface area is 167 Å². The van der Waals surface area contributed by atoms with Gasteiger partial charge in [0, 0.05) is 20.7 Å². The van der Waals surface area contributed by atoms with E-state index in [2.05, 4.69) is 10.4 Å². The van der Waals surface area contributed by atoms with Crippen molar-refractivity contribution >= 4 is 50.6 Å². The molecule has 1 aromatic carbocycles. The lowest BCUT2D eigenvalue weighted by atomic mass is 10.2. The summed E-state index contributed by atoms with van der Waals surface area (Å²) in [6, 6.07) is 11.9. The molecule has 0 bridgehead atoms. The number of rotatable bonds is 5. The van der Waals surface area contributed by atoms with Crippen molar-refractivity contribution in [3.05, 3.63) is 69.4 Å². The summed E-state index contributed by atoms with van der Waals surface area (Å²) in [4.78, 5) is 32.2. The number of thiophene rings is 2. The van der Waals surface area contributed by atoms with Gasteiger partial charge in [0.05, 0.1) is 11.1 Å². The van der Waals surface area contributed by atoms with Gasteiger partial charge in [0.1, 0.15) is 11.2 Å². The first-order valence-electron chi connectivity index (χ1n) is 8.14. The van der Waals surface area contributed by atoms with Crippen molar-refractivity contribution in [2.45, 2.75) is 11.8 Å². The van der Waals surface area contributed by atoms with Crippen LogP contribution in [0.3, 0.4) is 0 Å². The Bertz CT molecular complexity index is 1150. The molecular formula is C19H15N3O2S3. The van der Waals surface area contributed by atoms with Crippen molar-refractivity contribution in [1.29, 1.82) is 0 Å². The van der Waals surface area contributed by atoms with Gasteiger partial charge in [-0.3, -0.25) is 15.0 Å². The Hall–Kier alpha value is -2.42. The summed E-state index contributed by atoms with van der Waals surface area (Å²) >= 11 is 4.42. The molecule has 27 heavy (non-hydrogen) atoms. The molecule has 0 aliphatic rings. The lowest BCUT2D eigenvalue weighted by Crippen LogP contribution is -2.34. The van der Waals surface area contributed by atoms with E-state index in [4.69, 9.17) is 0 Å². The number of carbonyl (C=O) groups is 1. The van der Waals surface area contributed by atoms with Crippen molar-refractivity contribution in [3.63, 3.8) is 0 Å². The molecule has 0 aliphatic carbocycles. The molecule has 0 spiro atoms. The molecule has 1 amide bonds. The predicted molar refractivity (Wildman–Crippen MR) is 113 cm³/mol. The van der Waals surface area contributed by atoms with Crippen LogP contribution in [0.15, 0.2) is 63.2 Å². The van der Waals surface area contributed by atoms with E-state index < -0.39 is 0 Å². The molecule has 0 atom stereocenters. The zero-order valence-electron chi connectivity index (χ0n) is 14.3. The van der Waals surface area contributed by atoms with Crippen LogP contribution in [0.25, 0.3) is 20.7 Å². The highest BCUT2D eigenvalue weighted by atomic mass is 32.2. The minimum absolute atomic E-state index is 0.217. The average molecular weight is 414 g/mol. The molecule has 0 fully saturated rings. The van der Waals surface area contributed by atoms with Crippen LogP contribution in [0.2, 0.25) is 0 Å². The number of nitrogens with one attached hydrogen (secondary N) is 1. The molecule has 4 aromatic rings. The summed E-state index contributed by atoms with van der Waals surface area (Å²) in [5, 5.41) is 4.44. The molecule has 0 aliphatic heterocycles. The van der Waals surface area contributed by atoms with Crippen LogP contribution in [-0.2, 0) is 4.79 Å². The van der Waals surface area contributed by atoms with Gasteiger partial charge in [0.15, 0.2) is 0 Å². The molecule has 3 heterocycles. The van der Waals surface area contributed by atoms with Crippen molar-refractivity contribution in [3.8, 4) is 10.4 Å². The first kappa shape index (κ1) is 18.0. The molecular weight excluding hydrogens is 398 g/mol. The summed E-state index contributed by atoms with van der Waals surface area (Å²) in [5.74, 6) is -0.0358. The minimum atomic E-state index is -0.265. The highest BCUT2D eigenvalue weighted by molar-refractivity contribution is 8.00. The Balaban J connectivity index is 1.54. The number of hydrogen-bond donors (Lipinski definition) is 1. The summed E-state index contributed by atoms with van der Waals surface area (Å²) in [5.41, 5.74) is 4.41. The fraction of sp³-hybridized carbons (Fsp3) is 0.105. The molecule has 136 valence electrons. The van der Waals surface area contributed by atoms with E-state index >= 15 is 0 Å². The van der Waals surface area contributed by atoms with Gasteiger partial charge in [-0.05, 0) is 30.5 Å². The lowest BCUT2D eigenvalue weighted by molar-refractivity contribution is -0.114. The van der Waals surface area contributed by atoms with E-state index in [0.29, 0.717) is 10.2 Å². The van der Waals surface area contributed by atoms with E-state index in [1.807, 2.05) is 54.1 Å². The van der Waals surface area contributed by atoms with E-state index in [9.17, 15) is 9.59 Å². The van der Waals surface area contributed by atoms with Crippen LogP contribution >= 0.6 is 34.4 Å². The van der Waals surface area contributed by atoms with E-state index in [0.717, 1.165) is 15.3 Å². The quantitative estimate of drug-likeness (QED) is 0.494. The number of nitrogens with zero attached hydrogens (tertiary/aromatic N) is 2. The Morgan fingerprint density at radius 3 is 2.78 bits per heavy atom. The molecule has 0 saturated heterocycles. The number of carbonyl (C=O) groups excluding carboxylic acids is 1. The molecule has 0 unspecified atom stereocenters. The largest absolute Gasteiger partial charge is 0.281 e. The third-order valence-electron chi connectivity index (χ3n) is 3.92. The van der Waals surface area contributed by atoms with Crippen LogP contribution in [0.5, 0.6) is 0 Å². The number of fused-ring (bicyclic) bond motifs is 1. The second kappa shape index (κ2) is 7.67. The van der Waals surface area contributed by atoms with E-state index in [1.165, 1.54) is 39.7 Å². The summed E-state index contributed by atoms with van der Waals surface area (Å²) < 4.78 is 1.17. The third-order valence-corrected chi connectivity index (χ3v) is 6.72. The standard InChI is InChI=1S/C19H15N3O2S3/c1-12-4-6-13(7-5-12)26-10-16(23)21-22-11-20-18-17(19(22)24)14(9-27-18)15-3-2-8-25-15/h2-9,11H,10H2,1H3,(H,21,23). The Kier molecular flexibility index (Phi) is 5.11. The molecule has 4 rings (SSSR count). The number of amides is 1. The van der Waals surface area contributed by atoms with Gasteiger partial charge in [0.25, 0.3) is 5.56 Å². The van der Waals surface area contributed by atoms with E-state index in [-0.39, 0.29) is 17.2 Å². The molecule has 0 saturated carbocycles. The van der Waals surface area contributed by atoms with Gasteiger partial charge in [0.2, 0.25) is 5.91 Å². The zero-order valence-corrected chi connectivity index (χ0v) is 16.8. The second-order valence-corrected chi connectivity index (χ2v) is 8.72. The zero-order chi connectivity index (χ0) is 18.8. The number of aryl methyl sites for hydroxylation is 1. The van der Waals surface area contributed by atoms with Crippen LogP contribution in [-0.4, -0.2) is 21.3 Å². The number of hydrogen-bond acceptors (Lipinski definition) is 6. The van der Waals surface area contributed by atoms with Gasteiger partial charge in [-0.25, -0.2) is 9.66 Å². The van der Waals surface area contributed by atoms with Crippen molar-refractivity contribution in [2.24, 2.45) is 0 Å². The fourth-order valence-corrected chi connectivity index (χ4v) is 4.99. The maximum Gasteiger partial charge on any atom is 0.281 e. The fourth-order valence-electron chi connectivity index (χ4n) is 2.58. The first-order valence-corrected chi connectivity index (χ1v) is 10.9. The monoisotopic (exact) mass is 413 g/mol. The summed E-state index contributed by atoms with van der Waals surface area (Å²) in [6.45, 7) is 2.02. The molecule has 8 heteroatoms. The Morgan fingerprint density at radius 2 is 2.04 bits per heavy atom. The molecule has 3 aromatic heterocycles. The van der Waals surface area contributed by atoms with Crippen LogP contribution in [0, 0.1) is 6.92 Å². The SMILES string of the molecule is Cc1ccc(SCC(=O)Nn2cnc3scc(-c4cccs4)c3c2=O)cc1. The smallest absolute Gasteiger partial charge is 0.272 e. The van der Waals surface area contributed by atoms with Gasteiger partial charge in [-0.2, -0.15) is 0 Å². The van der Waals surface area contributed by atoms with Crippen molar-refractivity contribution in [2.75, 3.05) is 11.2 Å². The van der Waals surface area contributed by atoms with Gasteiger partial charge >= 0.3 is 0 Å². The number of aromatic nitrogens is 2. The Morgan fingerprint density at radius 1 is 1.22 bits per heavy atom. The number of thioether (sulfide) groups is 1. The molecule has 0 radical (unpaired) electrons. The predicted octanol–water partition coefficient (Wildman–Crippen LogP) is 4.36. The van der Waals surface area contributed by atoms with Crippen molar-refractivity contribution in [1.82, 2.24) is 9.66 Å². The molecule has 5 nitrogen and oxygen atoms in total. The topological polar surface area (TPSA) is 64.0 Å². The molecule has 1 N–H and O–H groups in total. The van der Waals surface area contributed by atoms with E-state index in [1.54, 1.807) is 11.3 Å². The maximum absolute atomic E-state index is 12.9. The van der Waals surface area contributed by atoms with Crippen molar-refractivity contribution < 1.29 is 4.79 Å². The minimum Gasteiger partial charge on any atom is -0.272 e. The summed E-state index contributed by atoms with van der Waals surface area (Å²) in [7, 11) is 0. The van der Waals surface area contributed by atoms with Crippen LogP contribution in [0.4, 0.5) is 0 Å². The number of benzene rings is 1. The van der Waals surface area contributed by atoms with Gasteiger partial charge in [-0.15, -0.1) is 34.4 Å². The third kappa shape index (κ3) is 3.83. The van der Waals surface area contributed by atoms with Gasteiger partial charge < -0.3 is 0 Å². The average Bonchev–Trinajstić information content (AvgIpc) is 3.33. The highest BCUT2D eigenvalue weighted by Crippen LogP contribution is 2.33. The maximum atomic E-state index is 12.9. The van der Waals surface area contributed by atoms with Crippen LogP contribution < -0.4 is 11.0 Å². The highest BCUT2D eigenvalue weighted by Gasteiger charge is 2.15. The first-order chi connectivity index (χ1) is 13.1. The second-order valence-electron chi connectivity index (χ2n) is 5.86. The summed E-state index contributed by atoms with van der Waals surface area (Å²) in [6.07, 6.45) is 1.37. The van der Waals surface area contributed by atoms with Crippen LogP contribution in [0.1, 0.15) is 5.56 Å².